The number of carbonyl (C=O) groups is 3. The minimum absolute atomic E-state index is 0.956. The van der Waals surface area contributed by atoms with Crippen LogP contribution in [0.5, 0.6) is 0 Å². The van der Waals surface area contributed by atoms with Crippen molar-refractivity contribution in [2.45, 2.75) is 25.6 Å². The monoisotopic (exact) mass is 366 g/mol. The highest BCUT2D eigenvalue weighted by Crippen LogP contribution is 2.57. The fourth-order valence-electron chi connectivity index (χ4n) is 0.811. The van der Waals surface area contributed by atoms with Gasteiger partial charge in [0.25, 0.3) is 0 Å². The average molecular weight is 366 g/mol. The van der Waals surface area contributed by atoms with E-state index in [9.17, 15) is 28.6 Å². The Morgan fingerprint density at radius 1 is 1.05 bits per heavy atom. The predicted octanol–water partition coefficient (Wildman–Crippen LogP) is -2.06. The van der Waals surface area contributed by atoms with Crippen LogP contribution in [0, 0.1) is 0 Å². The van der Waals surface area contributed by atoms with Crippen LogP contribution in [0.2, 0.25) is 0 Å². The zero-order valence-corrected chi connectivity index (χ0v) is 12.5. The molecule has 0 spiro atoms. The maximum Gasteiger partial charge on any atom is 0.538 e. The number of esters is 2. The van der Waals surface area contributed by atoms with Gasteiger partial charge in [-0.3, -0.25) is 9.69 Å². The van der Waals surface area contributed by atoms with Crippen LogP contribution in [0.4, 0.5) is 0 Å². The van der Waals surface area contributed by atoms with Crippen LogP contribution in [0.25, 0.3) is 0 Å². The van der Waals surface area contributed by atoms with E-state index in [1.165, 1.54) is 0 Å². The number of phosphoric acid groups is 2. The Hall–Kier alpha value is -1.17. The molecule has 0 aromatic rings. The number of phosphoric ester groups is 1. The summed E-state index contributed by atoms with van der Waals surface area (Å²) in [5.74, 6) is -4.84. The summed E-state index contributed by atoms with van der Waals surface area (Å²) in [6, 6.07) is 0. The fourth-order valence-corrected chi connectivity index (χ4v) is 2.35. The second-order valence-electron chi connectivity index (χ2n) is 3.64. The van der Waals surface area contributed by atoms with E-state index >= 15 is 0 Å². The molecule has 22 heavy (non-hydrogen) atoms. The van der Waals surface area contributed by atoms with Crippen molar-refractivity contribution in [1.82, 2.24) is 0 Å². The first-order valence-corrected chi connectivity index (χ1v) is 8.20. The second-order valence-corrected chi connectivity index (χ2v) is 6.39. The number of aliphatic hydroxyl groups is 2. The van der Waals surface area contributed by atoms with E-state index in [-0.39, 0.29) is 0 Å². The van der Waals surface area contributed by atoms with Crippen molar-refractivity contribution in [2.75, 3.05) is 0 Å². The summed E-state index contributed by atoms with van der Waals surface area (Å²) in [4.78, 5) is 58.3. The first-order chi connectivity index (χ1) is 9.73. The fraction of sp³-hybridized carbons (Fsp3) is 0.571. The molecule has 0 aliphatic rings. The van der Waals surface area contributed by atoms with Crippen molar-refractivity contribution in [3.63, 3.8) is 0 Å². The highest BCUT2D eigenvalue weighted by Gasteiger charge is 2.36. The zero-order valence-electron chi connectivity index (χ0n) is 10.8. The van der Waals surface area contributed by atoms with Gasteiger partial charge in [0.05, 0.1) is 6.42 Å². The molecule has 0 fully saturated rings. The van der Waals surface area contributed by atoms with Crippen LogP contribution >= 0.6 is 15.6 Å². The Kier molecular flexibility index (Phi) is 7.48. The van der Waals surface area contributed by atoms with Gasteiger partial charge in [-0.25, -0.2) is 18.7 Å². The molecule has 0 aliphatic heterocycles. The van der Waals surface area contributed by atoms with E-state index < -0.39 is 52.2 Å². The van der Waals surface area contributed by atoms with Gasteiger partial charge in [-0.05, 0) is 6.92 Å². The van der Waals surface area contributed by atoms with Gasteiger partial charge in [-0.15, -0.1) is 0 Å². The normalized spacial score (nSPS) is 17.0. The van der Waals surface area contributed by atoms with E-state index in [1.54, 1.807) is 0 Å². The van der Waals surface area contributed by atoms with Crippen molar-refractivity contribution in [3.8, 4) is 0 Å². The topological polar surface area (TPSA) is 214 Å². The Balaban J connectivity index is 4.54. The molecule has 0 saturated carbocycles. The summed E-state index contributed by atoms with van der Waals surface area (Å²) in [6.45, 7) is 0.956. The number of hydrogen-bond acceptors (Lipinski definition) is 10. The molecule has 0 aromatic carbocycles. The van der Waals surface area contributed by atoms with Gasteiger partial charge >= 0.3 is 33.6 Å². The Morgan fingerprint density at radius 3 is 1.95 bits per heavy atom. The maximum atomic E-state index is 11.1. The Bertz CT molecular complexity index is 533. The van der Waals surface area contributed by atoms with Crippen molar-refractivity contribution < 1.29 is 62.0 Å². The number of hydrogen-bond donors (Lipinski definition) is 5. The summed E-state index contributed by atoms with van der Waals surface area (Å²) in [7, 11) is -10.9. The molecule has 128 valence electrons. The predicted molar refractivity (Wildman–Crippen MR) is 62.5 cm³/mol. The molecule has 0 bridgehead atoms. The van der Waals surface area contributed by atoms with Crippen LogP contribution in [-0.2, 0) is 37.1 Å². The molecule has 15 heteroatoms. The van der Waals surface area contributed by atoms with Crippen LogP contribution in [0.1, 0.15) is 13.3 Å². The van der Waals surface area contributed by atoms with E-state index in [1.807, 2.05) is 0 Å². The van der Waals surface area contributed by atoms with Crippen LogP contribution in [0.3, 0.4) is 0 Å². The SMILES string of the molecule is CC(O)C(=O)OC(=O)C(O)CC(=O)OP(=O)(O)OP(=O)(O)O. The third kappa shape index (κ3) is 8.97. The second kappa shape index (κ2) is 7.90. The van der Waals surface area contributed by atoms with Crippen molar-refractivity contribution >= 4 is 33.6 Å². The molecule has 0 aliphatic carbocycles. The molecule has 0 aromatic heterocycles. The summed E-state index contributed by atoms with van der Waals surface area (Å²) < 4.78 is 32.1. The van der Waals surface area contributed by atoms with E-state index in [4.69, 9.17) is 19.8 Å². The van der Waals surface area contributed by atoms with E-state index in [0.717, 1.165) is 6.92 Å². The average Bonchev–Trinajstić information content (AvgIpc) is 2.23. The van der Waals surface area contributed by atoms with Gasteiger partial charge in [0.15, 0.2) is 6.10 Å². The first kappa shape index (κ1) is 20.8. The molecule has 13 nitrogen and oxygen atoms in total. The van der Waals surface area contributed by atoms with Gasteiger partial charge in [-0.2, -0.15) is 4.31 Å². The number of ether oxygens (including phenoxy) is 1. The molecule has 0 saturated heterocycles. The lowest BCUT2D eigenvalue weighted by Gasteiger charge is -2.13. The minimum Gasteiger partial charge on any atom is -0.389 e. The zero-order chi connectivity index (χ0) is 17.7. The third-order valence-electron chi connectivity index (χ3n) is 1.60. The lowest BCUT2D eigenvalue weighted by Crippen LogP contribution is -2.31. The van der Waals surface area contributed by atoms with Crippen molar-refractivity contribution in [3.05, 3.63) is 0 Å². The standard InChI is InChI=1S/C7H12O13P2/c1-3(8)6(11)18-7(12)4(9)2-5(10)19-22(16,17)20-21(13,14)15/h3-4,8-9H,2H2,1H3,(H,16,17)(H2,13,14,15). The van der Waals surface area contributed by atoms with E-state index in [2.05, 4.69) is 13.6 Å². The molecule has 0 heterocycles. The molecule has 0 amide bonds. The molecule has 0 rings (SSSR count). The smallest absolute Gasteiger partial charge is 0.389 e. The molecule has 5 N–H and O–H groups in total. The molecular formula is C7H12O13P2. The summed E-state index contributed by atoms with van der Waals surface area (Å²) in [5.41, 5.74) is 0. The summed E-state index contributed by atoms with van der Waals surface area (Å²) >= 11 is 0. The largest absolute Gasteiger partial charge is 0.538 e. The Labute approximate surface area is 122 Å². The lowest BCUT2D eigenvalue weighted by atomic mass is 10.2. The number of carbonyl (C=O) groups excluding carboxylic acids is 3. The minimum atomic E-state index is -5.48. The number of aliphatic hydroxyl groups excluding tert-OH is 2. The first-order valence-electron chi connectivity index (χ1n) is 5.17. The number of rotatable bonds is 7. The van der Waals surface area contributed by atoms with Gasteiger partial charge < -0.3 is 29.3 Å². The molecular weight excluding hydrogens is 354 g/mol. The van der Waals surface area contributed by atoms with E-state index in [0.29, 0.717) is 0 Å². The lowest BCUT2D eigenvalue weighted by molar-refractivity contribution is -0.172. The van der Waals surface area contributed by atoms with Crippen molar-refractivity contribution in [2.24, 2.45) is 0 Å². The summed E-state index contributed by atoms with van der Waals surface area (Å²) in [5, 5.41) is 17.9. The molecule has 3 atom stereocenters. The molecule has 0 radical (unpaired) electrons. The highest BCUT2D eigenvalue weighted by atomic mass is 31.3. The maximum absolute atomic E-state index is 11.1. The molecule has 3 unspecified atom stereocenters. The van der Waals surface area contributed by atoms with Crippen LogP contribution in [0.15, 0.2) is 0 Å². The quantitative estimate of drug-likeness (QED) is 0.186. The third-order valence-corrected chi connectivity index (χ3v) is 3.71. The van der Waals surface area contributed by atoms with Gasteiger partial charge in [0.1, 0.15) is 6.10 Å². The van der Waals surface area contributed by atoms with Crippen LogP contribution in [-0.4, -0.2) is 55.0 Å². The summed E-state index contributed by atoms with van der Waals surface area (Å²) in [6.07, 6.45) is -5.27. The van der Waals surface area contributed by atoms with Gasteiger partial charge in [0, 0.05) is 0 Å². The van der Waals surface area contributed by atoms with Crippen molar-refractivity contribution in [1.29, 1.82) is 0 Å². The highest BCUT2D eigenvalue weighted by molar-refractivity contribution is 7.61. The van der Waals surface area contributed by atoms with Gasteiger partial charge in [-0.1, -0.05) is 0 Å². The Morgan fingerprint density at radius 2 is 1.55 bits per heavy atom. The van der Waals surface area contributed by atoms with Gasteiger partial charge in [0.2, 0.25) is 0 Å². The van der Waals surface area contributed by atoms with Crippen LogP contribution < -0.4 is 0 Å².